The molecule has 0 aromatic carbocycles. The molecule has 5 heteroatoms. The molecular weight excluding hydrogens is 274 g/mol. The van der Waals surface area contributed by atoms with Crippen LogP contribution in [0.3, 0.4) is 0 Å². The summed E-state index contributed by atoms with van der Waals surface area (Å²) >= 11 is 1.41. The molecule has 1 atom stereocenters. The van der Waals surface area contributed by atoms with Gasteiger partial charge >= 0.3 is 5.97 Å². The van der Waals surface area contributed by atoms with Gasteiger partial charge in [0.25, 0.3) is 0 Å². The van der Waals surface area contributed by atoms with E-state index >= 15 is 0 Å². The first-order valence-corrected chi connectivity index (χ1v) is 7.65. The van der Waals surface area contributed by atoms with Crippen LogP contribution in [0.1, 0.15) is 46.7 Å². The monoisotopic (exact) mass is 293 g/mol. The van der Waals surface area contributed by atoms with Crippen molar-refractivity contribution in [3.63, 3.8) is 0 Å². The van der Waals surface area contributed by atoms with Gasteiger partial charge in [0, 0.05) is 17.3 Å². The topological polar surface area (TPSA) is 55.4 Å². The Morgan fingerprint density at radius 1 is 1.50 bits per heavy atom. The second kappa shape index (κ2) is 7.24. The quantitative estimate of drug-likeness (QED) is 0.868. The summed E-state index contributed by atoms with van der Waals surface area (Å²) in [7, 11) is 1.38. The Morgan fingerprint density at radius 3 is 3.15 bits per heavy atom. The number of rotatable bonds is 4. The van der Waals surface area contributed by atoms with Gasteiger partial charge in [-0.05, 0) is 37.5 Å². The zero-order valence-electron chi connectivity index (χ0n) is 11.6. The van der Waals surface area contributed by atoms with Crippen molar-refractivity contribution >= 4 is 29.3 Å². The third kappa shape index (κ3) is 4.20. The van der Waals surface area contributed by atoms with E-state index in [2.05, 4.69) is 16.1 Å². The van der Waals surface area contributed by atoms with Gasteiger partial charge in [0.05, 0.1) is 7.11 Å². The highest BCUT2D eigenvalue weighted by atomic mass is 32.1. The van der Waals surface area contributed by atoms with Gasteiger partial charge in [0.15, 0.2) is 0 Å². The van der Waals surface area contributed by atoms with Crippen LogP contribution in [0.2, 0.25) is 0 Å². The molecule has 1 aliphatic heterocycles. The normalized spacial score (nSPS) is 19.6. The van der Waals surface area contributed by atoms with Gasteiger partial charge in [-0.25, -0.2) is 4.79 Å². The Balaban J connectivity index is 1.87. The van der Waals surface area contributed by atoms with Gasteiger partial charge in [-0.15, -0.1) is 11.3 Å². The molecule has 4 nitrogen and oxygen atoms in total. The second-order valence-corrected chi connectivity index (χ2v) is 5.96. The summed E-state index contributed by atoms with van der Waals surface area (Å²) in [6, 6.07) is 3.91. The average molecular weight is 293 g/mol. The molecule has 1 N–H and O–H groups in total. The summed E-state index contributed by atoms with van der Waals surface area (Å²) < 4.78 is 4.67. The number of hydrogen-bond acceptors (Lipinski definition) is 4. The van der Waals surface area contributed by atoms with Crippen LogP contribution in [0.15, 0.2) is 18.2 Å². The minimum absolute atomic E-state index is 0.157. The van der Waals surface area contributed by atoms with Crippen LogP contribution >= 0.6 is 11.3 Å². The molecule has 108 valence electrons. The maximum atomic E-state index is 11.5. The van der Waals surface area contributed by atoms with E-state index in [-0.39, 0.29) is 17.9 Å². The molecule has 1 saturated heterocycles. The molecule has 0 radical (unpaired) electrons. The van der Waals surface area contributed by atoms with Crippen LogP contribution in [0, 0.1) is 0 Å². The van der Waals surface area contributed by atoms with E-state index in [1.807, 2.05) is 12.1 Å². The lowest BCUT2D eigenvalue weighted by Gasteiger charge is -2.12. The number of amides is 1. The van der Waals surface area contributed by atoms with Crippen LogP contribution in [-0.4, -0.2) is 25.0 Å². The Hall–Kier alpha value is -1.62. The highest BCUT2D eigenvalue weighted by molar-refractivity contribution is 7.14. The molecule has 1 aromatic heterocycles. The molecule has 1 amide bonds. The van der Waals surface area contributed by atoms with E-state index in [9.17, 15) is 9.59 Å². The zero-order valence-corrected chi connectivity index (χ0v) is 12.4. The van der Waals surface area contributed by atoms with Gasteiger partial charge in [-0.2, -0.15) is 0 Å². The smallest absolute Gasteiger partial charge is 0.348 e. The van der Waals surface area contributed by atoms with Crippen LogP contribution in [0.25, 0.3) is 6.08 Å². The SMILES string of the molecule is COC(=O)c1ccc(C=CCC2CCCCC(=O)N2)s1. The summed E-state index contributed by atoms with van der Waals surface area (Å²) in [5.74, 6) is -0.143. The van der Waals surface area contributed by atoms with E-state index in [1.54, 1.807) is 6.07 Å². The highest BCUT2D eigenvalue weighted by Crippen LogP contribution is 2.19. The number of esters is 1. The molecule has 0 aliphatic carbocycles. The molecular formula is C15H19NO3S. The van der Waals surface area contributed by atoms with Crippen LogP contribution in [-0.2, 0) is 9.53 Å². The van der Waals surface area contributed by atoms with Crippen molar-refractivity contribution in [2.24, 2.45) is 0 Å². The zero-order chi connectivity index (χ0) is 14.4. The van der Waals surface area contributed by atoms with Gasteiger partial charge < -0.3 is 10.1 Å². The van der Waals surface area contributed by atoms with E-state index < -0.39 is 0 Å². The van der Waals surface area contributed by atoms with Crippen LogP contribution in [0.5, 0.6) is 0 Å². The fourth-order valence-electron chi connectivity index (χ4n) is 2.23. The fraction of sp³-hybridized carbons (Fsp3) is 0.467. The first-order valence-electron chi connectivity index (χ1n) is 6.83. The molecule has 0 bridgehead atoms. The van der Waals surface area contributed by atoms with Crippen molar-refractivity contribution in [2.45, 2.75) is 38.1 Å². The average Bonchev–Trinajstić information content (AvgIpc) is 2.81. The molecule has 0 saturated carbocycles. The summed E-state index contributed by atoms with van der Waals surface area (Å²) in [6.07, 6.45) is 8.65. The number of hydrogen-bond donors (Lipinski definition) is 1. The predicted octanol–water partition coefficient (Wildman–Crippen LogP) is 3.00. The maximum absolute atomic E-state index is 11.5. The first-order chi connectivity index (χ1) is 9.69. The highest BCUT2D eigenvalue weighted by Gasteiger charge is 2.14. The summed E-state index contributed by atoms with van der Waals surface area (Å²) in [5.41, 5.74) is 0. The number of carbonyl (C=O) groups excluding carboxylic acids is 2. The number of ether oxygens (including phenoxy) is 1. The second-order valence-electron chi connectivity index (χ2n) is 4.84. The molecule has 1 aliphatic rings. The molecule has 20 heavy (non-hydrogen) atoms. The Labute approximate surface area is 122 Å². The third-order valence-corrected chi connectivity index (χ3v) is 4.32. The van der Waals surface area contributed by atoms with Crippen molar-refractivity contribution in [3.8, 4) is 0 Å². The maximum Gasteiger partial charge on any atom is 0.348 e. The molecule has 0 spiro atoms. The lowest BCUT2D eigenvalue weighted by atomic mass is 10.1. The Bertz CT molecular complexity index is 507. The van der Waals surface area contributed by atoms with Crippen LogP contribution in [0.4, 0.5) is 0 Å². The fourth-order valence-corrected chi connectivity index (χ4v) is 3.08. The number of nitrogens with one attached hydrogen (secondary N) is 1. The first kappa shape index (κ1) is 14.8. The molecule has 1 unspecified atom stereocenters. The van der Waals surface area contributed by atoms with Crippen molar-refractivity contribution in [3.05, 3.63) is 28.0 Å². The van der Waals surface area contributed by atoms with Crippen LogP contribution < -0.4 is 5.32 Å². The van der Waals surface area contributed by atoms with E-state index in [0.29, 0.717) is 11.3 Å². The van der Waals surface area contributed by atoms with Gasteiger partial charge in [0.1, 0.15) is 4.88 Å². The molecule has 2 heterocycles. The number of methoxy groups -OCH3 is 1. The van der Waals surface area contributed by atoms with Crippen molar-refractivity contribution in [1.82, 2.24) is 5.32 Å². The molecule has 1 fully saturated rings. The van der Waals surface area contributed by atoms with E-state index in [0.717, 1.165) is 30.6 Å². The van der Waals surface area contributed by atoms with Crippen molar-refractivity contribution in [2.75, 3.05) is 7.11 Å². The number of thiophene rings is 1. The van der Waals surface area contributed by atoms with Crippen molar-refractivity contribution < 1.29 is 14.3 Å². The van der Waals surface area contributed by atoms with Gasteiger partial charge in [0.2, 0.25) is 5.91 Å². The van der Waals surface area contributed by atoms with Gasteiger partial charge in [-0.1, -0.05) is 12.5 Å². The lowest BCUT2D eigenvalue weighted by molar-refractivity contribution is -0.121. The predicted molar refractivity (Wildman–Crippen MR) is 79.7 cm³/mol. The summed E-state index contributed by atoms with van der Waals surface area (Å²) in [4.78, 5) is 24.4. The molecule has 1 aromatic rings. The minimum atomic E-state index is -0.300. The van der Waals surface area contributed by atoms with E-state index in [1.165, 1.54) is 18.4 Å². The van der Waals surface area contributed by atoms with Crippen molar-refractivity contribution in [1.29, 1.82) is 0 Å². The number of carbonyl (C=O) groups is 2. The third-order valence-electron chi connectivity index (χ3n) is 3.29. The largest absolute Gasteiger partial charge is 0.465 e. The lowest BCUT2D eigenvalue weighted by Crippen LogP contribution is -2.32. The van der Waals surface area contributed by atoms with E-state index in [4.69, 9.17) is 0 Å². The molecule has 2 rings (SSSR count). The van der Waals surface area contributed by atoms with Gasteiger partial charge in [-0.3, -0.25) is 4.79 Å². The Kier molecular flexibility index (Phi) is 5.35. The minimum Gasteiger partial charge on any atom is -0.465 e. The summed E-state index contributed by atoms with van der Waals surface area (Å²) in [6.45, 7) is 0. The standard InChI is InChI=1S/C15H19NO3S/c1-19-15(18)13-10-9-12(20-13)7-4-6-11-5-2-3-8-14(17)16-11/h4,7,9-11H,2-3,5-6,8H2,1H3,(H,16,17). The Morgan fingerprint density at radius 2 is 2.35 bits per heavy atom. The summed E-state index contributed by atoms with van der Waals surface area (Å²) in [5, 5.41) is 3.04.